The van der Waals surface area contributed by atoms with Crippen LogP contribution in [0.1, 0.15) is 5.56 Å². The highest BCUT2D eigenvalue weighted by atomic mass is 16.5. The Balaban J connectivity index is 2.11. The summed E-state index contributed by atoms with van der Waals surface area (Å²) in [6.07, 6.45) is 0. The van der Waals surface area contributed by atoms with Crippen molar-refractivity contribution in [2.45, 2.75) is 12.6 Å². The normalized spacial score (nSPS) is 19.6. The van der Waals surface area contributed by atoms with E-state index in [4.69, 9.17) is 14.6 Å². The van der Waals surface area contributed by atoms with Gasteiger partial charge in [0.1, 0.15) is 6.04 Å². The van der Waals surface area contributed by atoms with Crippen molar-refractivity contribution in [1.82, 2.24) is 10.2 Å². The van der Waals surface area contributed by atoms with Gasteiger partial charge in [0.2, 0.25) is 0 Å². The molecule has 1 aliphatic rings. The molecule has 0 bridgehead atoms. The first-order valence-corrected chi connectivity index (χ1v) is 6.54. The number of nitrogens with one attached hydrogen (secondary N) is 1. The fourth-order valence-corrected chi connectivity index (χ4v) is 2.44. The van der Waals surface area contributed by atoms with E-state index in [0.717, 1.165) is 12.1 Å². The largest absolute Gasteiger partial charge is 0.493 e. The van der Waals surface area contributed by atoms with Crippen molar-refractivity contribution in [3.05, 3.63) is 23.8 Å². The fourth-order valence-electron chi connectivity index (χ4n) is 2.44. The highest BCUT2D eigenvalue weighted by Gasteiger charge is 2.25. The zero-order valence-corrected chi connectivity index (χ0v) is 11.8. The van der Waals surface area contributed by atoms with Gasteiger partial charge in [-0.1, -0.05) is 12.1 Å². The SMILES string of the molecule is COc1cccc(CN2CCN[C@@H](C(=O)O)C2)c1OC. The van der Waals surface area contributed by atoms with Gasteiger partial charge in [-0.05, 0) is 6.07 Å². The third-order valence-electron chi connectivity index (χ3n) is 3.44. The van der Waals surface area contributed by atoms with Gasteiger partial charge in [0.15, 0.2) is 11.5 Å². The van der Waals surface area contributed by atoms with Crippen molar-refractivity contribution in [2.24, 2.45) is 0 Å². The van der Waals surface area contributed by atoms with Gasteiger partial charge >= 0.3 is 5.97 Å². The highest BCUT2D eigenvalue weighted by Crippen LogP contribution is 2.31. The number of hydrogen-bond acceptors (Lipinski definition) is 5. The molecule has 1 fully saturated rings. The molecule has 6 heteroatoms. The van der Waals surface area contributed by atoms with Gasteiger partial charge in [0.25, 0.3) is 0 Å². The minimum absolute atomic E-state index is 0.482. The van der Waals surface area contributed by atoms with Crippen molar-refractivity contribution in [3.63, 3.8) is 0 Å². The topological polar surface area (TPSA) is 71.0 Å². The second kappa shape index (κ2) is 6.58. The molecule has 2 N–H and O–H groups in total. The van der Waals surface area contributed by atoms with Crippen LogP contribution in [0.25, 0.3) is 0 Å². The van der Waals surface area contributed by atoms with Crippen LogP contribution in [-0.2, 0) is 11.3 Å². The summed E-state index contributed by atoms with van der Waals surface area (Å²) >= 11 is 0. The quantitative estimate of drug-likeness (QED) is 0.821. The van der Waals surface area contributed by atoms with Crippen LogP contribution in [0.3, 0.4) is 0 Å². The van der Waals surface area contributed by atoms with Crippen molar-refractivity contribution >= 4 is 5.97 Å². The summed E-state index contributed by atoms with van der Waals surface area (Å²) in [7, 11) is 3.21. The lowest BCUT2D eigenvalue weighted by Gasteiger charge is -2.31. The van der Waals surface area contributed by atoms with Crippen LogP contribution < -0.4 is 14.8 Å². The number of piperazine rings is 1. The molecule has 1 heterocycles. The molecule has 1 aromatic rings. The van der Waals surface area contributed by atoms with Gasteiger partial charge in [-0.25, -0.2) is 0 Å². The minimum Gasteiger partial charge on any atom is -0.493 e. The molecular formula is C14H20N2O4. The monoisotopic (exact) mass is 280 g/mol. The Bertz CT molecular complexity index is 478. The predicted octanol–water partition coefficient (Wildman–Crippen LogP) is 0.562. The van der Waals surface area contributed by atoms with Gasteiger partial charge in [-0.3, -0.25) is 9.69 Å². The molecular weight excluding hydrogens is 260 g/mol. The maximum absolute atomic E-state index is 11.0. The van der Waals surface area contributed by atoms with Crippen LogP contribution in [0.15, 0.2) is 18.2 Å². The van der Waals surface area contributed by atoms with Crippen LogP contribution in [0.2, 0.25) is 0 Å². The molecule has 1 saturated heterocycles. The second-order valence-corrected chi connectivity index (χ2v) is 4.73. The molecule has 0 amide bonds. The lowest BCUT2D eigenvalue weighted by Crippen LogP contribution is -2.53. The minimum atomic E-state index is -0.813. The Morgan fingerprint density at radius 3 is 2.90 bits per heavy atom. The summed E-state index contributed by atoms with van der Waals surface area (Å²) in [5.74, 6) is 0.586. The number of para-hydroxylation sites is 1. The number of benzene rings is 1. The van der Waals surface area contributed by atoms with Gasteiger partial charge in [-0.15, -0.1) is 0 Å². The highest BCUT2D eigenvalue weighted by molar-refractivity contribution is 5.73. The number of carboxylic acid groups (broad SMARTS) is 1. The second-order valence-electron chi connectivity index (χ2n) is 4.73. The molecule has 20 heavy (non-hydrogen) atoms. The van der Waals surface area contributed by atoms with Gasteiger partial charge in [0, 0.05) is 31.7 Å². The maximum Gasteiger partial charge on any atom is 0.322 e. The molecule has 1 atom stereocenters. The van der Waals surface area contributed by atoms with E-state index in [1.54, 1.807) is 14.2 Å². The van der Waals surface area contributed by atoms with Crippen molar-refractivity contribution in [2.75, 3.05) is 33.9 Å². The molecule has 0 aliphatic carbocycles. The number of aliphatic carboxylic acids is 1. The molecule has 1 aromatic carbocycles. The number of rotatable bonds is 5. The molecule has 0 unspecified atom stereocenters. The Labute approximate surface area is 118 Å². The summed E-state index contributed by atoms with van der Waals surface area (Å²) < 4.78 is 10.7. The first-order chi connectivity index (χ1) is 9.65. The van der Waals surface area contributed by atoms with E-state index in [0.29, 0.717) is 31.1 Å². The molecule has 0 radical (unpaired) electrons. The van der Waals surface area contributed by atoms with Gasteiger partial charge in [-0.2, -0.15) is 0 Å². The van der Waals surface area contributed by atoms with Gasteiger partial charge in [0.05, 0.1) is 14.2 Å². The molecule has 1 aliphatic heterocycles. The van der Waals surface area contributed by atoms with E-state index in [-0.39, 0.29) is 0 Å². The van der Waals surface area contributed by atoms with Crippen LogP contribution in [0.5, 0.6) is 11.5 Å². The lowest BCUT2D eigenvalue weighted by atomic mass is 10.1. The lowest BCUT2D eigenvalue weighted by molar-refractivity contribution is -0.140. The Morgan fingerprint density at radius 2 is 2.25 bits per heavy atom. The Hall–Kier alpha value is -1.79. The standard InChI is InChI=1S/C14H20N2O4/c1-19-12-5-3-4-10(13(12)20-2)8-16-7-6-15-11(9-16)14(17)18/h3-5,11,15H,6-9H2,1-2H3,(H,17,18)/t11-/m1/s1. The molecule has 2 rings (SSSR count). The Morgan fingerprint density at radius 1 is 1.45 bits per heavy atom. The summed E-state index contributed by atoms with van der Waals surface area (Å²) in [5.41, 5.74) is 0.998. The van der Waals surface area contributed by atoms with E-state index in [1.165, 1.54) is 0 Å². The first kappa shape index (κ1) is 14.6. The van der Waals surface area contributed by atoms with E-state index in [9.17, 15) is 4.79 Å². The third-order valence-corrected chi connectivity index (χ3v) is 3.44. The molecule has 0 saturated carbocycles. The maximum atomic E-state index is 11.0. The smallest absolute Gasteiger partial charge is 0.322 e. The number of nitrogens with zero attached hydrogens (tertiary/aromatic N) is 1. The summed E-state index contributed by atoms with van der Waals surface area (Å²) in [5, 5.41) is 12.1. The van der Waals surface area contributed by atoms with Crippen LogP contribution in [0, 0.1) is 0 Å². The molecule has 110 valence electrons. The van der Waals surface area contributed by atoms with E-state index in [1.807, 2.05) is 18.2 Å². The van der Waals surface area contributed by atoms with E-state index < -0.39 is 12.0 Å². The average Bonchev–Trinajstić information content (AvgIpc) is 2.47. The summed E-state index contributed by atoms with van der Waals surface area (Å²) in [4.78, 5) is 13.1. The number of carboxylic acids is 1. The molecule has 6 nitrogen and oxygen atoms in total. The van der Waals surface area contributed by atoms with Gasteiger partial charge < -0.3 is 19.9 Å². The average molecular weight is 280 g/mol. The first-order valence-electron chi connectivity index (χ1n) is 6.54. The molecule has 0 spiro atoms. The van der Waals surface area contributed by atoms with E-state index in [2.05, 4.69) is 10.2 Å². The van der Waals surface area contributed by atoms with E-state index >= 15 is 0 Å². The number of ether oxygens (including phenoxy) is 2. The predicted molar refractivity (Wildman–Crippen MR) is 74.2 cm³/mol. The Kier molecular flexibility index (Phi) is 4.81. The zero-order chi connectivity index (χ0) is 14.5. The molecule has 0 aromatic heterocycles. The van der Waals surface area contributed by atoms with Crippen LogP contribution in [0.4, 0.5) is 0 Å². The summed E-state index contributed by atoms with van der Waals surface area (Å²) in [6.45, 7) is 2.61. The number of carbonyl (C=O) groups is 1. The summed E-state index contributed by atoms with van der Waals surface area (Å²) in [6, 6.07) is 5.22. The zero-order valence-electron chi connectivity index (χ0n) is 11.8. The van der Waals surface area contributed by atoms with Crippen molar-refractivity contribution < 1.29 is 19.4 Å². The number of methoxy groups -OCH3 is 2. The fraction of sp³-hybridized carbons (Fsp3) is 0.500. The third kappa shape index (κ3) is 3.20. The van der Waals surface area contributed by atoms with Crippen LogP contribution >= 0.6 is 0 Å². The number of hydrogen-bond donors (Lipinski definition) is 2. The van der Waals surface area contributed by atoms with Crippen molar-refractivity contribution in [3.8, 4) is 11.5 Å². The van der Waals surface area contributed by atoms with Crippen LogP contribution in [-0.4, -0.2) is 55.9 Å². The van der Waals surface area contributed by atoms with Crippen molar-refractivity contribution in [1.29, 1.82) is 0 Å².